The van der Waals surface area contributed by atoms with Crippen LogP contribution in [0.1, 0.15) is 11.9 Å². The van der Waals surface area contributed by atoms with Crippen LogP contribution in [0.5, 0.6) is 0 Å². The number of rotatable bonds is 1. The number of nitrogens with zero attached hydrogens (tertiary/aromatic N) is 2. The monoisotopic (exact) mass is 141 g/mol. The van der Waals surface area contributed by atoms with Gasteiger partial charge in [-0.25, -0.2) is 9.97 Å². The van der Waals surface area contributed by atoms with Gasteiger partial charge in [0.1, 0.15) is 0 Å². The molecule has 5 heteroatoms. The Labute approximate surface area is 57.2 Å². The van der Waals surface area contributed by atoms with E-state index in [1.54, 1.807) is 0 Å². The van der Waals surface area contributed by atoms with Crippen LogP contribution in [0.15, 0.2) is 12.4 Å². The summed E-state index contributed by atoms with van der Waals surface area (Å²) in [5.74, 6) is 0.115. The first-order chi connectivity index (χ1) is 4.70. The summed E-state index contributed by atoms with van der Waals surface area (Å²) in [5.41, 5.74) is 5.37. The number of nitrogen functional groups attached to an aromatic ring is 1. The Balaban J connectivity index is 2.89. The molecule has 0 aliphatic carbocycles. The Morgan fingerprint density at radius 1 is 1.30 bits per heavy atom. The molecule has 0 amide bonds. The number of hydrogen-bond acceptors (Lipinski definition) is 5. The van der Waals surface area contributed by atoms with Crippen LogP contribution in [0.3, 0.4) is 0 Å². The van der Waals surface area contributed by atoms with E-state index in [1.165, 1.54) is 12.4 Å². The van der Waals surface area contributed by atoms with E-state index < -0.39 is 6.29 Å². The maximum absolute atomic E-state index is 8.55. The highest BCUT2D eigenvalue weighted by Crippen LogP contribution is 2.05. The third kappa shape index (κ3) is 1.40. The van der Waals surface area contributed by atoms with Crippen molar-refractivity contribution in [2.45, 2.75) is 6.29 Å². The van der Waals surface area contributed by atoms with Crippen LogP contribution in [0.2, 0.25) is 0 Å². The molecule has 5 nitrogen and oxygen atoms in total. The average Bonchev–Trinajstić information content (AvgIpc) is 1.88. The summed E-state index contributed by atoms with van der Waals surface area (Å²) in [4.78, 5) is 7.09. The fourth-order valence-electron chi connectivity index (χ4n) is 0.481. The molecule has 0 aromatic carbocycles. The predicted molar refractivity (Wildman–Crippen MR) is 33.6 cm³/mol. The molecule has 10 heavy (non-hydrogen) atoms. The Morgan fingerprint density at radius 3 is 2.20 bits per heavy atom. The van der Waals surface area contributed by atoms with E-state index in [2.05, 4.69) is 9.97 Å². The molecule has 1 aromatic heterocycles. The second-order valence-corrected chi connectivity index (χ2v) is 1.75. The number of aromatic nitrogens is 2. The quantitative estimate of drug-likeness (QED) is 0.438. The van der Waals surface area contributed by atoms with Crippen LogP contribution in [0, 0.1) is 0 Å². The predicted octanol–water partition coefficient (Wildman–Crippen LogP) is -0.958. The van der Waals surface area contributed by atoms with Crippen molar-refractivity contribution in [3.63, 3.8) is 0 Å². The second kappa shape index (κ2) is 2.59. The molecule has 0 saturated carbocycles. The van der Waals surface area contributed by atoms with Crippen LogP contribution in [-0.4, -0.2) is 20.2 Å². The van der Waals surface area contributed by atoms with Gasteiger partial charge in [-0.1, -0.05) is 0 Å². The SMILES string of the molecule is Nc1ncc(C(O)O)cn1. The molecule has 0 spiro atoms. The maximum atomic E-state index is 8.55. The van der Waals surface area contributed by atoms with Crippen LogP contribution >= 0.6 is 0 Å². The van der Waals surface area contributed by atoms with Gasteiger partial charge in [-0.05, 0) is 0 Å². The van der Waals surface area contributed by atoms with Crippen molar-refractivity contribution in [3.05, 3.63) is 18.0 Å². The molecule has 0 radical (unpaired) electrons. The van der Waals surface area contributed by atoms with Crippen molar-refractivity contribution in [2.75, 3.05) is 5.73 Å². The van der Waals surface area contributed by atoms with Crippen molar-refractivity contribution in [1.29, 1.82) is 0 Å². The molecule has 0 bridgehead atoms. The molecule has 0 aliphatic rings. The zero-order valence-electron chi connectivity index (χ0n) is 5.10. The summed E-state index contributed by atoms with van der Waals surface area (Å²) in [7, 11) is 0. The number of nitrogens with two attached hydrogens (primary N) is 1. The topological polar surface area (TPSA) is 92.3 Å². The summed E-state index contributed by atoms with van der Waals surface area (Å²) in [6.45, 7) is 0. The highest BCUT2D eigenvalue weighted by Gasteiger charge is 2.01. The smallest absolute Gasteiger partial charge is 0.219 e. The maximum Gasteiger partial charge on any atom is 0.219 e. The van der Waals surface area contributed by atoms with Crippen LogP contribution in [0.25, 0.3) is 0 Å². The standard InChI is InChI=1S/C5H7N3O2/c6-5-7-1-3(2-8-5)4(9)10/h1-2,4,9-10H,(H2,6,7,8). The zero-order chi connectivity index (χ0) is 7.56. The van der Waals surface area contributed by atoms with Gasteiger partial charge in [-0.15, -0.1) is 0 Å². The largest absolute Gasteiger partial charge is 0.368 e. The van der Waals surface area contributed by atoms with Gasteiger partial charge < -0.3 is 15.9 Å². The fraction of sp³-hybridized carbons (Fsp3) is 0.200. The lowest BCUT2D eigenvalue weighted by Gasteiger charge is -2.00. The molecule has 0 unspecified atom stereocenters. The molecule has 1 rings (SSSR count). The summed E-state index contributed by atoms with van der Waals surface area (Å²) in [5, 5.41) is 17.1. The number of aliphatic hydroxyl groups excluding tert-OH is 1. The number of anilines is 1. The Kier molecular flexibility index (Phi) is 1.79. The van der Waals surface area contributed by atoms with Gasteiger partial charge >= 0.3 is 0 Å². The molecule has 1 aromatic rings. The Hall–Kier alpha value is -1.20. The van der Waals surface area contributed by atoms with Gasteiger partial charge in [0.15, 0.2) is 6.29 Å². The summed E-state index contributed by atoms with van der Waals surface area (Å²) in [6.07, 6.45) is 0.987. The van der Waals surface area contributed by atoms with E-state index in [4.69, 9.17) is 15.9 Å². The molecule has 0 atom stereocenters. The van der Waals surface area contributed by atoms with Gasteiger partial charge in [0.25, 0.3) is 0 Å². The van der Waals surface area contributed by atoms with Gasteiger partial charge in [0, 0.05) is 18.0 Å². The third-order valence-electron chi connectivity index (χ3n) is 0.990. The summed E-state index contributed by atoms with van der Waals surface area (Å²) in [6, 6.07) is 0. The zero-order valence-corrected chi connectivity index (χ0v) is 5.10. The molecule has 54 valence electrons. The minimum absolute atomic E-state index is 0.115. The lowest BCUT2D eigenvalue weighted by molar-refractivity contribution is -0.0429. The third-order valence-corrected chi connectivity index (χ3v) is 0.990. The van der Waals surface area contributed by atoms with Crippen molar-refractivity contribution in [1.82, 2.24) is 9.97 Å². The first-order valence-electron chi connectivity index (χ1n) is 2.63. The van der Waals surface area contributed by atoms with Gasteiger partial charge in [0.05, 0.1) is 0 Å². The van der Waals surface area contributed by atoms with E-state index >= 15 is 0 Å². The number of hydrogen-bond donors (Lipinski definition) is 3. The molecule has 0 saturated heterocycles. The van der Waals surface area contributed by atoms with Crippen LogP contribution in [0.4, 0.5) is 5.95 Å². The Morgan fingerprint density at radius 2 is 1.80 bits per heavy atom. The van der Waals surface area contributed by atoms with Gasteiger partial charge in [0.2, 0.25) is 5.95 Å². The second-order valence-electron chi connectivity index (χ2n) is 1.75. The van der Waals surface area contributed by atoms with E-state index in [9.17, 15) is 0 Å². The van der Waals surface area contributed by atoms with Crippen molar-refractivity contribution < 1.29 is 10.2 Å². The van der Waals surface area contributed by atoms with Crippen LogP contribution < -0.4 is 5.73 Å². The fourth-order valence-corrected chi connectivity index (χ4v) is 0.481. The van der Waals surface area contributed by atoms with Crippen molar-refractivity contribution in [2.24, 2.45) is 0 Å². The van der Waals surface area contributed by atoms with Crippen molar-refractivity contribution >= 4 is 5.95 Å². The minimum Gasteiger partial charge on any atom is -0.368 e. The highest BCUT2D eigenvalue weighted by molar-refractivity contribution is 5.17. The average molecular weight is 141 g/mol. The first kappa shape index (κ1) is 6.91. The van der Waals surface area contributed by atoms with Gasteiger partial charge in [-0.2, -0.15) is 0 Å². The van der Waals surface area contributed by atoms with Crippen LogP contribution in [-0.2, 0) is 0 Å². The number of aliphatic hydroxyl groups is 2. The summed E-state index contributed by atoms with van der Waals surface area (Å²) >= 11 is 0. The lowest BCUT2D eigenvalue weighted by Crippen LogP contribution is -1.99. The lowest BCUT2D eigenvalue weighted by atomic mass is 10.3. The van der Waals surface area contributed by atoms with Gasteiger partial charge in [-0.3, -0.25) is 0 Å². The summed E-state index contributed by atoms with van der Waals surface area (Å²) < 4.78 is 0. The molecular formula is C5H7N3O2. The molecule has 0 fully saturated rings. The van der Waals surface area contributed by atoms with E-state index in [-0.39, 0.29) is 11.5 Å². The van der Waals surface area contributed by atoms with Crippen molar-refractivity contribution in [3.8, 4) is 0 Å². The molecule has 0 aliphatic heterocycles. The van der Waals surface area contributed by atoms with E-state index in [0.717, 1.165) is 0 Å². The first-order valence-corrected chi connectivity index (χ1v) is 2.63. The molecule has 4 N–H and O–H groups in total. The normalized spacial score (nSPS) is 10.3. The molecule has 1 heterocycles. The molecular weight excluding hydrogens is 134 g/mol. The van der Waals surface area contributed by atoms with E-state index in [1.807, 2.05) is 0 Å². The minimum atomic E-state index is -1.53. The Bertz CT molecular complexity index is 209. The van der Waals surface area contributed by atoms with E-state index in [0.29, 0.717) is 0 Å². The highest BCUT2D eigenvalue weighted by atomic mass is 16.5.